The van der Waals surface area contributed by atoms with Crippen molar-refractivity contribution in [3.63, 3.8) is 0 Å². The van der Waals surface area contributed by atoms with Crippen LogP contribution in [0.2, 0.25) is 5.02 Å². The molecule has 1 aliphatic heterocycles. The van der Waals surface area contributed by atoms with Gasteiger partial charge in [-0.05, 0) is 42.2 Å². The normalized spacial score (nSPS) is 21.7. The summed E-state index contributed by atoms with van der Waals surface area (Å²) in [5.74, 6) is 1.93. The molecular weight excluding hydrogens is 326 g/mol. The maximum Gasteiger partial charge on any atom is 0.230 e. The van der Waals surface area contributed by atoms with Crippen molar-refractivity contribution < 1.29 is 14.3 Å². The average Bonchev–Trinajstić information content (AvgIpc) is 3.41. The van der Waals surface area contributed by atoms with Gasteiger partial charge in [0.2, 0.25) is 5.91 Å². The molecule has 0 bridgehead atoms. The third-order valence-electron chi connectivity index (χ3n) is 4.70. The van der Waals surface area contributed by atoms with E-state index in [0.29, 0.717) is 13.2 Å². The fourth-order valence-electron chi connectivity index (χ4n) is 3.30. The van der Waals surface area contributed by atoms with Crippen LogP contribution in [0.1, 0.15) is 17.9 Å². The molecule has 1 aliphatic carbocycles. The highest BCUT2D eigenvalue weighted by molar-refractivity contribution is 6.30. The van der Waals surface area contributed by atoms with E-state index in [-0.39, 0.29) is 17.7 Å². The number of anilines is 1. The molecule has 1 saturated carbocycles. The molecular formula is C19H18ClNO3. The van der Waals surface area contributed by atoms with E-state index in [1.807, 2.05) is 47.4 Å². The second-order valence-corrected chi connectivity index (χ2v) is 6.61. The molecule has 0 unspecified atom stereocenters. The Morgan fingerprint density at radius 1 is 1.25 bits per heavy atom. The van der Waals surface area contributed by atoms with Crippen molar-refractivity contribution in [2.45, 2.75) is 12.3 Å². The summed E-state index contributed by atoms with van der Waals surface area (Å²) in [5, 5.41) is 0.719. The minimum atomic E-state index is 0.0309. The maximum absolute atomic E-state index is 13.0. The van der Waals surface area contributed by atoms with Crippen LogP contribution in [-0.2, 0) is 4.79 Å². The fraction of sp³-hybridized carbons (Fsp3) is 0.316. The smallest absolute Gasteiger partial charge is 0.230 e. The van der Waals surface area contributed by atoms with Crippen LogP contribution in [0.4, 0.5) is 5.69 Å². The minimum Gasteiger partial charge on any atom is -0.497 e. The van der Waals surface area contributed by atoms with Crippen LogP contribution in [-0.4, -0.2) is 26.2 Å². The lowest BCUT2D eigenvalue weighted by Crippen LogP contribution is -2.39. The predicted octanol–water partition coefficient (Wildman–Crippen LogP) is 3.88. The van der Waals surface area contributed by atoms with E-state index in [2.05, 4.69) is 0 Å². The van der Waals surface area contributed by atoms with Crippen molar-refractivity contribution in [2.24, 2.45) is 5.92 Å². The van der Waals surface area contributed by atoms with Gasteiger partial charge in [-0.25, -0.2) is 0 Å². The summed E-state index contributed by atoms with van der Waals surface area (Å²) in [6.45, 7) is 1.09. The third-order valence-corrected chi connectivity index (χ3v) is 4.95. The molecule has 2 aliphatic rings. The van der Waals surface area contributed by atoms with Gasteiger partial charge in [-0.1, -0.05) is 23.7 Å². The minimum absolute atomic E-state index is 0.0309. The summed E-state index contributed by atoms with van der Waals surface area (Å²) in [6, 6.07) is 13.4. The molecule has 5 heteroatoms. The molecule has 1 heterocycles. The van der Waals surface area contributed by atoms with Gasteiger partial charge < -0.3 is 14.4 Å². The topological polar surface area (TPSA) is 38.8 Å². The molecule has 0 radical (unpaired) electrons. The zero-order valence-corrected chi connectivity index (χ0v) is 14.1. The number of halogens is 1. The largest absolute Gasteiger partial charge is 0.497 e. The molecule has 2 aromatic rings. The molecule has 0 aromatic heterocycles. The van der Waals surface area contributed by atoms with Crippen LogP contribution in [0.3, 0.4) is 0 Å². The Hall–Kier alpha value is -2.20. The second kappa shape index (κ2) is 6.02. The Morgan fingerprint density at radius 3 is 2.79 bits per heavy atom. The predicted molar refractivity (Wildman–Crippen MR) is 93.1 cm³/mol. The number of hydrogen-bond donors (Lipinski definition) is 0. The van der Waals surface area contributed by atoms with Gasteiger partial charge in [0, 0.05) is 17.0 Å². The summed E-state index contributed by atoms with van der Waals surface area (Å²) in [5.41, 5.74) is 1.98. The molecule has 2 atom stereocenters. The lowest BCUT2D eigenvalue weighted by molar-refractivity contribution is -0.120. The van der Waals surface area contributed by atoms with Crippen LogP contribution in [0.5, 0.6) is 11.5 Å². The van der Waals surface area contributed by atoms with E-state index < -0.39 is 0 Å². The first-order valence-electron chi connectivity index (χ1n) is 8.05. The van der Waals surface area contributed by atoms with Gasteiger partial charge in [-0.2, -0.15) is 0 Å². The molecule has 124 valence electrons. The summed E-state index contributed by atoms with van der Waals surface area (Å²) in [4.78, 5) is 14.8. The van der Waals surface area contributed by atoms with Crippen molar-refractivity contribution in [2.75, 3.05) is 25.2 Å². The van der Waals surface area contributed by atoms with Crippen molar-refractivity contribution in [3.8, 4) is 11.5 Å². The van der Waals surface area contributed by atoms with Crippen LogP contribution in [0, 0.1) is 5.92 Å². The Balaban J connectivity index is 1.55. The third kappa shape index (κ3) is 2.71. The maximum atomic E-state index is 13.0. The molecule has 4 rings (SSSR count). The Kier molecular flexibility index (Phi) is 3.85. The van der Waals surface area contributed by atoms with Crippen LogP contribution in [0.15, 0.2) is 42.5 Å². The number of benzene rings is 2. The monoisotopic (exact) mass is 343 g/mol. The number of hydrogen-bond acceptors (Lipinski definition) is 3. The number of nitrogens with zero attached hydrogens (tertiary/aromatic N) is 1. The van der Waals surface area contributed by atoms with Gasteiger partial charge in [-0.3, -0.25) is 4.79 Å². The average molecular weight is 344 g/mol. The standard InChI is InChI=1S/C19H18ClNO3/c1-23-14-6-7-18-17(10-14)21(8-9-24-18)19(22)16-11-15(16)12-2-4-13(20)5-3-12/h2-7,10,15-16H,8-9,11H2,1H3/t15-,16+/m0/s1. The van der Waals surface area contributed by atoms with Crippen LogP contribution < -0.4 is 14.4 Å². The zero-order chi connectivity index (χ0) is 16.7. The van der Waals surface area contributed by atoms with Crippen molar-refractivity contribution in [3.05, 3.63) is 53.1 Å². The number of ether oxygens (including phenoxy) is 2. The number of carbonyl (C=O) groups is 1. The van der Waals surface area contributed by atoms with Crippen molar-refractivity contribution in [1.82, 2.24) is 0 Å². The highest BCUT2D eigenvalue weighted by Crippen LogP contribution is 2.50. The zero-order valence-electron chi connectivity index (χ0n) is 13.4. The second-order valence-electron chi connectivity index (χ2n) is 6.17. The lowest BCUT2D eigenvalue weighted by atomic mass is 10.1. The summed E-state index contributed by atoms with van der Waals surface area (Å²) in [7, 11) is 1.62. The van der Waals surface area contributed by atoms with Crippen molar-refractivity contribution >= 4 is 23.2 Å². The molecule has 0 spiro atoms. The number of carbonyl (C=O) groups excluding carboxylic acids is 1. The summed E-state index contributed by atoms with van der Waals surface area (Å²) >= 11 is 5.94. The molecule has 4 nitrogen and oxygen atoms in total. The molecule has 2 aromatic carbocycles. The van der Waals surface area contributed by atoms with Gasteiger partial charge in [-0.15, -0.1) is 0 Å². The van der Waals surface area contributed by atoms with E-state index in [1.165, 1.54) is 5.56 Å². The van der Waals surface area contributed by atoms with Crippen LogP contribution in [0.25, 0.3) is 0 Å². The van der Waals surface area contributed by atoms with Crippen molar-refractivity contribution in [1.29, 1.82) is 0 Å². The van der Waals surface area contributed by atoms with Gasteiger partial charge in [0.1, 0.15) is 18.1 Å². The molecule has 1 fully saturated rings. The number of fused-ring (bicyclic) bond motifs is 1. The quantitative estimate of drug-likeness (QED) is 0.849. The molecule has 0 saturated heterocycles. The number of rotatable bonds is 3. The van der Waals surface area contributed by atoms with Gasteiger partial charge >= 0.3 is 0 Å². The summed E-state index contributed by atoms with van der Waals surface area (Å²) in [6.07, 6.45) is 0.886. The fourth-order valence-corrected chi connectivity index (χ4v) is 3.43. The van der Waals surface area contributed by atoms with E-state index in [4.69, 9.17) is 21.1 Å². The first kappa shape index (κ1) is 15.3. The Morgan fingerprint density at radius 2 is 2.04 bits per heavy atom. The lowest BCUT2D eigenvalue weighted by Gasteiger charge is -2.30. The van der Waals surface area contributed by atoms with E-state index in [9.17, 15) is 4.79 Å². The highest BCUT2D eigenvalue weighted by atomic mass is 35.5. The number of amides is 1. The molecule has 1 amide bonds. The Labute approximate surface area is 145 Å². The molecule has 24 heavy (non-hydrogen) atoms. The first-order chi connectivity index (χ1) is 11.7. The Bertz CT molecular complexity index is 775. The van der Waals surface area contributed by atoms with Gasteiger partial charge in [0.25, 0.3) is 0 Å². The summed E-state index contributed by atoms with van der Waals surface area (Å²) < 4.78 is 10.9. The number of methoxy groups -OCH3 is 1. The van der Waals surface area contributed by atoms with E-state index >= 15 is 0 Å². The van der Waals surface area contributed by atoms with Gasteiger partial charge in [0.05, 0.1) is 19.3 Å². The van der Waals surface area contributed by atoms with Crippen LogP contribution >= 0.6 is 11.6 Å². The van der Waals surface area contributed by atoms with E-state index in [0.717, 1.165) is 28.6 Å². The SMILES string of the molecule is COc1ccc2c(c1)N(C(=O)[C@@H]1C[C@H]1c1ccc(Cl)cc1)CCO2. The van der Waals surface area contributed by atoms with E-state index in [1.54, 1.807) is 7.11 Å². The van der Waals surface area contributed by atoms with Gasteiger partial charge in [0.15, 0.2) is 0 Å². The first-order valence-corrected chi connectivity index (χ1v) is 8.43. The highest BCUT2D eigenvalue weighted by Gasteiger charge is 2.46. The molecule has 0 N–H and O–H groups in total.